The number of methoxy groups -OCH3 is 1. The van der Waals surface area contributed by atoms with E-state index in [1.165, 1.54) is 31.2 Å². The summed E-state index contributed by atoms with van der Waals surface area (Å²) in [5.74, 6) is -0.346. The van der Waals surface area contributed by atoms with Crippen molar-refractivity contribution >= 4 is 27.5 Å². The van der Waals surface area contributed by atoms with Crippen molar-refractivity contribution in [2.24, 2.45) is 0 Å². The lowest BCUT2D eigenvalue weighted by atomic mass is 10.0. The van der Waals surface area contributed by atoms with Gasteiger partial charge >= 0.3 is 0 Å². The second kappa shape index (κ2) is 13.8. The van der Waals surface area contributed by atoms with E-state index in [0.717, 1.165) is 21.0 Å². The summed E-state index contributed by atoms with van der Waals surface area (Å²) in [6.45, 7) is 1.57. The van der Waals surface area contributed by atoms with Gasteiger partial charge in [0.1, 0.15) is 18.3 Å². The van der Waals surface area contributed by atoms with Crippen LogP contribution in [0, 0.1) is 6.92 Å². The minimum absolute atomic E-state index is 0.0114. The minimum atomic E-state index is -4.17. The zero-order valence-electron chi connectivity index (χ0n) is 23.9. The summed E-state index contributed by atoms with van der Waals surface area (Å²) < 4.78 is 34.2. The summed E-state index contributed by atoms with van der Waals surface area (Å²) in [5, 5.41) is 2.69. The number of aryl methyl sites for hydroxylation is 1. The van der Waals surface area contributed by atoms with Crippen molar-refractivity contribution in [1.82, 2.24) is 10.2 Å². The number of benzene rings is 4. The number of hydrogen-bond acceptors (Lipinski definition) is 5. The molecule has 0 spiro atoms. The van der Waals surface area contributed by atoms with E-state index in [9.17, 15) is 18.0 Å². The molecule has 0 aliphatic carbocycles. The summed E-state index contributed by atoms with van der Waals surface area (Å²) >= 11 is 0. The predicted octanol–water partition coefficient (Wildman–Crippen LogP) is 4.59. The number of rotatable bonds is 12. The monoisotopic (exact) mass is 585 g/mol. The van der Waals surface area contributed by atoms with Crippen molar-refractivity contribution in [1.29, 1.82) is 0 Å². The van der Waals surface area contributed by atoms with Gasteiger partial charge in [0.05, 0.1) is 17.7 Å². The van der Waals surface area contributed by atoms with Crippen molar-refractivity contribution in [2.45, 2.75) is 30.8 Å². The highest BCUT2D eigenvalue weighted by Gasteiger charge is 2.34. The predicted molar refractivity (Wildman–Crippen MR) is 164 cm³/mol. The Hall–Kier alpha value is -4.63. The number of nitrogens with zero attached hydrogens (tertiary/aromatic N) is 2. The Morgan fingerprint density at radius 1 is 0.833 bits per heavy atom. The van der Waals surface area contributed by atoms with E-state index < -0.39 is 28.5 Å². The molecule has 4 rings (SSSR count). The van der Waals surface area contributed by atoms with Crippen molar-refractivity contribution in [3.63, 3.8) is 0 Å². The van der Waals surface area contributed by atoms with Crippen molar-refractivity contribution in [3.05, 3.63) is 126 Å². The van der Waals surface area contributed by atoms with E-state index in [2.05, 4.69) is 5.32 Å². The third-order valence-corrected chi connectivity index (χ3v) is 8.71. The number of sulfonamides is 1. The summed E-state index contributed by atoms with van der Waals surface area (Å²) in [4.78, 5) is 29.1. The molecule has 0 aliphatic heterocycles. The van der Waals surface area contributed by atoms with Crippen LogP contribution in [-0.2, 0) is 32.6 Å². The van der Waals surface area contributed by atoms with Gasteiger partial charge in [-0.3, -0.25) is 13.9 Å². The number of likely N-dealkylation sites (N-methyl/N-ethyl adjacent to an activating group) is 1. The summed E-state index contributed by atoms with van der Waals surface area (Å²) in [6, 6.07) is 30.7. The smallest absolute Gasteiger partial charge is 0.264 e. The molecule has 0 fully saturated rings. The molecule has 0 saturated heterocycles. The molecule has 0 heterocycles. The Bertz CT molecular complexity index is 1590. The zero-order valence-corrected chi connectivity index (χ0v) is 24.8. The van der Waals surface area contributed by atoms with Crippen LogP contribution in [0.4, 0.5) is 5.69 Å². The molecule has 4 aromatic rings. The highest BCUT2D eigenvalue weighted by Crippen LogP contribution is 2.26. The average molecular weight is 586 g/mol. The quantitative estimate of drug-likeness (QED) is 0.263. The van der Waals surface area contributed by atoms with Crippen LogP contribution in [0.1, 0.15) is 16.7 Å². The second-order valence-corrected chi connectivity index (χ2v) is 11.7. The van der Waals surface area contributed by atoms with Crippen LogP contribution in [0.15, 0.2) is 114 Å². The summed E-state index contributed by atoms with van der Waals surface area (Å²) in [6.07, 6.45) is 0.259. The lowest BCUT2D eigenvalue weighted by molar-refractivity contribution is -0.139. The molecule has 0 aliphatic rings. The molecule has 42 heavy (non-hydrogen) atoms. The number of para-hydroxylation sites is 1. The SMILES string of the molecule is CNC(=O)[C@@H](Cc1ccccc1)N(Cc1cccc(C)c1)C(=O)CN(c1ccccc1)S(=O)(=O)c1ccc(OC)cc1. The van der Waals surface area contributed by atoms with Gasteiger partial charge in [-0.05, 0) is 54.4 Å². The molecule has 0 aromatic heterocycles. The molecule has 0 unspecified atom stereocenters. The Labute approximate surface area is 247 Å². The molecule has 218 valence electrons. The molecule has 0 radical (unpaired) electrons. The molecule has 2 amide bonds. The standard InChI is InChI=1S/C33H35N3O5S/c1-25-11-10-14-27(21-25)23-35(31(33(38)34-2)22-26-12-6-4-7-13-26)32(37)24-36(28-15-8-5-9-16-28)42(39,40)30-19-17-29(41-3)18-20-30/h4-21,31H,22-24H2,1-3H3,(H,34,38)/t31-/m1/s1. The number of anilines is 1. The number of hydrogen-bond donors (Lipinski definition) is 1. The first-order valence-corrected chi connectivity index (χ1v) is 15.0. The third-order valence-electron chi connectivity index (χ3n) is 6.92. The summed E-state index contributed by atoms with van der Waals surface area (Å²) in [7, 11) is -1.14. The van der Waals surface area contributed by atoms with Gasteiger partial charge in [0, 0.05) is 20.0 Å². The molecule has 1 N–H and O–H groups in total. The van der Waals surface area contributed by atoms with Crippen LogP contribution in [0.25, 0.3) is 0 Å². The lowest BCUT2D eigenvalue weighted by Gasteiger charge is -2.33. The average Bonchev–Trinajstić information content (AvgIpc) is 3.02. The van der Waals surface area contributed by atoms with Crippen LogP contribution in [0.5, 0.6) is 5.75 Å². The fourth-order valence-electron chi connectivity index (χ4n) is 4.73. The molecule has 0 saturated carbocycles. The largest absolute Gasteiger partial charge is 0.497 e. The highest BCUT2D eigenvalue weighted by atomic mass is 32.2. The van der Waals surface area contributed by atoms with Crippen molar-refractivity contribution in [3.8, 4) is 5.75 Å². The van der Waals surface area contributed by atoms with Crippen molar-refractivity contribution < 1.29 is 22.7 Å². The van der Waals surface area contributed by atoms with E-state index in [0.29, 0.717) is 11.4 Å². The van der Waals surface area contributed by atoms with Crippen LogP contribution >= 0.6 is 0 Å². The van der Waals surface area contributed by atoms with Crippen LogP contribution in [0.2, 0.25) is 0 Å². The maximum absolute atomic E-state index is 14.3. The van der Waals surface area contributed by atoms with E-state index >= 15 is 0 Å². The van der Waals surface area contributed by atoms with Crippen LogP contribution in [-0.4, -0.2) is 51.9 Å². The van der Waals surface area contributed by atoms with Gasteiger partial charge in [-0.15, -0.1) is 0 Å². The molecule has 8 nitrogen and oxygen atoms in total. The van der Waals surface area contributed by atoms with Gasteiger partial charge < -0.3 is 15.0 Å². The number of nitrogens with one attached hydrogen (secondary N) is 1. The molecular formula is C33H35N3O5S. The van der Waals surface area contributed by atoms with E-state index in [1.807, 2.05) is 61.5 Å². The number of ether oxygens (including phenoxy) is 1. The molecule has 1 atom stereocenters. The lowest BCUT2D eigenvalue weighted by Crippen LogP contribution is -2.53. The first-order chi connectivity index (χ1) is 20.2. The van der Waals surface area contributed by atoms with Crippen LogP contribution < -0.4 is 14.4 Å². The third kappa shape index (κ3) is 7.36. The Kier molecular flexibility index (Phi) is 9.98. The summed E-state index contributed by atoms with van der Waals surface area (Å²) in [5.41, 5.74) is 3.04. The van der Waals surface area contributed by atoms with E-state index in [1.54, 1.807) is 42.5 Å². The Balaban J connectivity index is 1.76. The van der Waals surface area contributed by atoms with Gasteiger partial charge in [0.2, 0.25) is 11.8 Å². The highest BCUT2D eigenvalue weighted by molar-refractivity contribution is 7.92. The van der Waals surface area contributed by atoms with Gasteiger partial charge in [0.15, 0.2) is 0 Å². The van der Waals surface area contributed by atoms with E-state index in [4.69, 9.17) is 4.74 Å². The topological polar surface area (TPSA) is 96.0 Å². The fourth-order valence-corrected chi connectivity index (χ4v) is 6.14. The maximum atomic E-state index is 14.3. The normalized spacial score (nSPS) is 11.8. The second-order valence-electron chi connectivity index (χ2n) is 9.85. The van der Waals surface area contributed by atoms with E-state index in [-0.39, 0.29) is 23.8 Å². The molecule has 0 bridgehead atoms. The molecular weight excluding hydrogens is 550 g/mol. The van der Waals surface area contributed by atoms with Gasteiger partial charge in [0.25, 0.3) is 10.0 Å². The molecule has 4 aromatic carbocycles. The van der Waals surface area contributed by atoms with Gasteiger partial charge in [-0.2, -0.15) is 0 Å². The Morgan fingerprint density at radius 3 is 2.05 bits per heavy atom. The fraction of sp³-hybridized carbons (Fsp3) is 0.212. The van der Waals surface area contributed by atoms with Crippen LogP contribution in [0.3, 0.4) is 0 Å². The van der Waals surface area contributed by atoms with Gasteiger partial charge in [-0.1, -0.05) is 78.4 Å². The maximum Gasteiger partial charge on any atom is 0.264 e. The Morgan fingerprint density at radius 2 is 1.45 bits per heavy atom. The zero-order chi connectivity index (χ0) is 30.1. The minimum Gasteiger partial charge on any atom is -0.497 e. The number of carbonyl (C=O) groups is 2. The first-order valence-electron chi connectivity index (χ1n) is 13.6. The first kappa shape index (κ1) is 30.3. The number of carbonyl (C=O) groups excluding carboxylic acids is 2. The van der Waals surface area contributed by atoms with Crippen molar-refractivity contribution in [2.75, 3.05) is 25.0 Å². The molecule has 9 heteroatoms. The van der Waals surface area contributed by atoms with Gasteiger partial charge in [-0.25, -0.2) is 8.42 Å². The number of amides is 2.